The molecule has 1 aliphatic carbocycles. The summed E-state index contributed by atoms with van der Waals surface area (Å²) in [4.78, 5) is 13.8. The smallest absolute Gasteiger partial charge is 0.191 e. The summed E-state index contributed by atoms with van der Waals surface area (Å²) in [6.45, 7) is 8.40. The fraction of sp³-hybridized carbons (Fsp3) is 0.520. The van der Waals surface area contributed by atoms with Crippen molar-refractivity contribution in [1.82, 2.24) is 20.5 Å². The molecule has 2 aliphatic rings. The van der Waals surface area contributed by atoms with Crippen LogP contribution in [-0.4, -0.2) is 62.7 Å². The maximum Gasteiger partial charge on any atom is 0.191 e. The molecule has 7 nitrogen and oxygen atoms in total. The van der Waals surface area contributed by atoms with Crippen LogP contribution in [0.1, 0.15) is 29.5 Å². The Kier molecular flexibility index (Phi) is 7.47. The van der Waals surface area contributed by atoms with Gasteiger partial charge in [0.2, 0.25) is 0 Å². The van der Waals surface area contributed by atoms with Crippen molar-refractivity contribution in [3.63, 3.8) is 0 Å². The summed E-state index contributed by atoms with van der Waals surface area (Å²) in [5, 5.41) is 6.90. The normalized spacial score (nSPS) is 17.3. The Bertz CT molecular complexity index is 918. The summed E-state index contributed by atoms with van der Waals surface area (Å²) >= 11 is 0. The number of ether oxygens (including phenoxy) is 1. The van der Waals surface area contributed by atoms with Gasteiger partial charge in [-0.1, -0.05) is 18.2 Å². The van der Waals surface area contributed by atoms with Crippen LogP contribution in [0.4, 0.5) is 5.82 Å². The van der Waals surface area contributed by atoms with Crippen molar-refractivity contribution < 1.29 is 4.74 Å². The van der Waals surface area contributed by atoms with E-state index in [9.17, 15) is 0 Å². The lowest BCUT2D eigenvalue weighted by molar-refractivity contribution is 0.296. The molecule has 172 valence electrons. The van der Waals surface area contributed by atoms with E-state index in [1.165, 1.54) is 24.0 Å². The summed E-state index contributed by atoms with van der Waals surface area (Å²) in [5.41, 5.74) is 3.55. The van der Waals surface area contributed by atoms with E-state index in [2.05, 4.69) is 68.6 Å². The minimum Gasteiger partial charge on any atom is -0.493 e. The third kappa shape index (κ3) is 6.13. The number of aryl methyl sites for hydroxylation is 1. The predicted octanol–water partition coefficient (Wildman–Crippen LogP) is 2.80. The highest BCUT2D eigenvalue weighted by molar-refractivity contribution is 5.79. The third-order valence-corrected chi connectivity index (χ3v) is 6.18. The number of hydrogen-bond acceptors (Lipinski definition) is 5. The Morgan fingerprint density at radius 1 is 1.09 bits per heavy atom. The quantitative estimate of drug-likeness (QED) is 0.490. The molecule has 2 aromatic rings. The standard InChI is InChI=1S/C25H36N6O/c1-19-6-9-21(23(15-19)32-18-20-7-8-20)16-28-25(26-2)29-17-22-5-4-10-27-24(22)31-13-11-30(3)12-14-31/h4-6,9-10,15,20H,7-8,11-14,16-18H2,1-3H3,(H2,26,28,29). The summed E-state index contributed by atoms with van der Waals surface area (Å²) in [6, 6.07) is 10.6. The van der Waals surface area contributed by atoms with E-state index in [1.807, 2.05) is 12.3 Å². The highest BCUT2D eigenvalue weighted by Gasteiger charge is 2.22. The van der Waals surface area contributed by atoms with Gasteiger partial charge in [0.05, 0.1) is 6.61 Å². The predicted molar refractivity (Wildman–Crippen MR) is 130 cm³/mol. The van der Waals surface area contributed by atoms with Crippen LogP contribution in [-0.2, 0) is 13.1 Å². The van der Waals surface area contributed by atoms with Gasteiger partial charge in [0, 0.05) is 63.6 Å². The van der Waals surface area contributed by atoms with Crippen molar-refractivity contribution >= 4 is 11.8 Å². The molecule has 0 atom stereocenters. The van der Waals surface area contributed by atoms with Crippen LogP contribution in [0.3, 0.4) is 0 Å². The fourth-order valence-electron chi connectivity index (χ4n) is 3.88. The van der Waals surface area contributed by atoms with Gasteiger partial charge in [-0.15, -0.1) is 0 Å². The van der Waals surface area contributed by atoms with Crippen molar-refractivity contribution in [3.8, 4) is 5.75 Å². The minimum absolute atomic E-state index is 0.665. The lowest BCUT2D eigenvalue weighted by Gasteiger charge is -2.34. The molecule has 1 aliphatic heterocycles. The lowest BCUT2D eigenvalue weighted by Crippen LogP contribution is -2.45. The Labute approximate surface area is 191 Å². The van der Waals surface area contributed by atoms with Gasteiger partial charge in [-0.05, 0) is 50.4 Å². The molecule has 0 unspecified atom stereocenters. The first-order valence-corrected chi connectivity index (χ1v) is 11.7. The summed E-state index contributed by atoms with van der Waals surface area (Å²) in [5.74, 6) is 3.55. The first-order valence-electron chi connectivity index (χ1n) is 11.7. The first kappa shape index (κ1) is 22.4. The number of aromatic nitrogens is 1. The molecule has 1 aromatic heterocycles. The fourth-order valence-corrected chi connectivity index (χ4v) is 3.88. The average molecular weight is 437 g/mol. The van der Waals surface area contributed by atoms with Crippen LogP contribution in [0.2, 0.25) is 0 Å². The van der Waals surface area contributed by atoms with Gasteiger partial charge in [-0.2, -0.15) is 0 Å². The lowest BCUT2D eigenvalue weighted by atomic mass is 10.1. The average Bonchev–Trinajstić information content (AvgIpc) is 3.64. The second-order valence-electron chi connectivity index (χ2n) is 8.92. The molecule has 1 aromatic carbocycles. The van der Waals surface area contributed by atoms with Crippen LogP contribution < -0.4 is 20.3 Å². The van der Waals surface area contributed by atoms with E-state index < -0.39 is 0 Å². The van der Waals surface area contributed by atoms with Crippen LogP contribution in [0.25, 0.3) is 0 Å². The number of piperazine rings is 1. The van der Waals surface area contributed by atoms with Gasteiger partial charge in [0.25, 0.3) is 0 Å². The van der Waals surface area contributed by atoms with E-state index in [1.54, 1.807) is 7.05 Å². The van der Waals surface area contributed by atoms with E-state index in [0.717, 1.165) is 61.8 Å². The van der Waals surface area contributed by atoms with Crippen LogP contribution >= 0.6 is 0 Å². The highest BCUT2D eigenvalue weighted by atomic mass is 16.5. The van der Waals surface area contributed by atoms with Gasteiger partial charge in [0.1, 0.15) is 11.6 Å². The highest BCUT2D eigenvalue weighted by Crippen LogP contribution is 2.30. The third-order valence-electron chi connectivity index (χ3n) is 6.18. The Hall–Kier alpha value is -2.80. The largest absolute Gasteiger partial charge is 0.493 e. The molecule has 2 fully saturated rings. The van der Waals surface area contributed by atoms with Crippen LogP contribution in [0.5, 0.6) is 5.75 Å². The molecule has 1 saturated heterocycles. The monoisotopic (exact) mass is 436 g/mol. The first-order chi connectivity index (χ1) is 15.6. The van der Waals surface area contributed by atoms with Crippen molar-refractivity contribution in [3.05, 3.63) is 53.2 Å². The van der Waals surface area contributed by atoms with E-state index in [4.69, 9.17) is 4.74 Å². The van der Waals surface area contributed by atoms with E-state index >= 15 is 0 Å². The summed E-state index contributed by atoms with van der Waals surface area (Å²) in [7, 11) is 3.98. The second-order valence-corrected chi connectivity index (χ2v) is 8.92. The van der Waals surface area contributed by atoms with Crippen molar-refractivity contribution in [2.45, 2.75) is 32.9 Å². The Morgan fingerprint density at radius 3 is 2.56 bits per heavy atom. The van der Waals surface area contributed by atoms with Gasteiger partial charge in [0.15, 0.2) is 5.96 Å². The number of likely N-dealkylation sites (N-methyl/N-ethyl adjacent to an activating group) is 1. The van der Waals surface area contributed by atoms with Gasteiger partial charge >= 0.3 is 0 Å². The summed E-state index contributed by atoms with van der Waals surface area (Å²) < 4.78 is 6.11. The molecule has 0 spiro atoms. The number of pyridine rings is 1. The number of nitrogens with zero attached hydrogens (tertiary/aromatic N) is 4. The Morgan fingerprint density at radius 2 is 1.84 bits per heavy atom. The molecule has 0 radical (unpaired) electrons. The molecule has 1 saturated carbocycles. The van der Waals surface area contributed by atoms with Gasteiger partial charge < -0.3 is 25.2 Å². The molecule has 4 rings (SSSR count). The number of guanidine groups is 1. The van der Waals surface area contributed by atoms with Gasteiger partial charge in [-0.3, -0.25) is 4.99 Å². The van der Waals surface area contributed by atoms with Crippen molar-refractivity contribution in [2.75, 3.05) is 51.8 Å². The number of benzene rings is 1. The molecule has 32 heavy (non-hydrogen) atoms. The zero-order valence-electron chi connectivity index (χ0n) is 19.6. The van der Waals surface area contributed by atoms with Crippen molar-refractivity contribution in [1.29, 1.82) is 0 Å². The topological polar surface area (TPSA) is 65.0 Å². The maximum atomic E-state index is 6.11. The zero-order valence-corrected chi connectivity index (χ0v) is 19.6. The molecule has 2 heterocycles. The number of hydrogen-bond donors (Lipinski definition) is 2. The number of aliphatic imine (C=N–C) groups is 1. The SMILES string of the molecule is CN=C(NCc1ccc(C)cc1OCC1CC1)NCc1cccnc1N1CCN(C)CC1. The summed E-state index contributed by atoms with van der Waals surface area (Å²) in [6.07, 6.45) is 4.46. The van der Waals surface area contributed by atoms with Gasteiger partial charge in [-0.25, -0.2) is 4.98 Å². The molecule has 0 amide bonds. The molecule has 2 N–H and O–H groups in total. The maximum absolute atomic E-state index is 6.11. The zero-order chi connectivity index (χ0) is 22.3. The minimum atomic E-state index is 0.665. The Balaban J connectivity index is 1.34. The molecule has 0 bridgehead atoms. The van der Waals surface area contributed by atoms with E-state index in [-0.39, 0.29) is 0 Å². The van der Waals surface area contributed by atoms with Crippen LogP contribution in [0.15, 0.2) is 41.5 Å². The van der Waals surface area contributed by atoms with E-state index in [0.29, 0.717) is 13.1 Å². The number of rotatable bonds is 8. The molecular weight excluding hydrogens is 400 g/mol. The van der Waals surface area contributed by atoms with Crippen molar-refractivity contribution in [2.24, 2.45) is 10.9 Å². The number of nitrogens with one attached hydrogen (secondary N) is 2. The number of anilines is 1. The molecule has 7 heteroatoms. The molecular formula is C25H36N6O. The van der Waals surface area contributed by atoms with Crippen LogP contribution in [0, 0.1) is 12.8 Å². The second kappa shape index (κ2) is 10.7.